The van der Waals surface area contributed by atoms with Crippen LogP contribution in [-0.4, -0.2) is 21.5 Å². The lowest BCUT2D eigenvalue weighted by atomic mass is 10.3. The molecule has 0 bridgehead atoms. The van der Waals surface area contributed by atoms with Crippen molar-refractivity contribution in [1.29, 1.82) is 0 Å². The smallest absolute Gasteiger partial charge is 0.0632 e. The first kappa shape index (κ1) is 13.9. The van der Waals surface area contributed by atoms with Crippen molar-refractivity contribution in [3.05, 3.63) is 23.2 Å². The van der Waals surface area contributed by atoms with Gasteiger partial charge in [-0.05, 0) is 36.1 Å². The maximum Gasteiger partial charge on any atom is 0.0632 e. The Labute approximate surface area is 108 Å². The van der Waals surface area contributed by atoms with Crippen LogP contribution in [0.1, 0.15) is 13.3 Å². The van der Waals surface area contributed by atoms with E-state index < -0.39 is 10.8 Å². The first-order valence-electron chi connectivity index (χ1n) is 5.16. The molecule has 0 aliphatic rings. The zero-order valence-electron chi connectivity index (χ0n) is 9.24. The van der Waals surface area contributed by atoms with E-state index in [0.717, 1.165) is 17.9 Å². The zero-order valence-corrected chi connectivity index (χ0v) is 11.6. The van der Waals surface area contributed by atoms with E-state index in [-0.39, 0.29) is 0 Å². The standard InChI is InChI=1S/C11H16ClNOS2/c1-2-15-6-3-7-16(14)11-8-9(12)4-5-10(11)13/h4-5,8H,2-3,6-7,13H2,1H3. The molecule has 16 heavy (non-hydrogen) atoms. The van der Waals surface area contributed by atoms with Crippen LogP contribution in [0, 0.1) is 0 Å². The number of rotatable bonds is 6. The Morgan fingerprint density at radius 1 is 1.50 bits per heavy atom. The summed E-state index contributed by atoms with van der Waals surface area (Å²) in [4.78, 5) is 0.661. The van der Waals surface area contributed by atoms with Crippen LogP contribution in [0.5, 0.6) is 0 Å². The zero-order chi connectivity index (χ0) is 12.0. The average Bonchev–Trinajstić information content (AvgIpc) is 2.27. The van der Waals surface area contributed by atoms with E-state index in [1.165, 1.54) is 0 Å². The highest BCUT2D eigenvalue weighted by Gasteiger charge is 2.08. The van der Waals surface area contributed by atoms with Gasteiger partial charge in [0.1, 0.15) is 0 Å². The molecule has 2 N–H and O–H groups in total. The fourth-order valence-electron chi connectivity index (χ4n) is 1.25. The number of nitrogen functional groups attached to an aromatic ring is 1. The molecule has 0 saturated heterocycles. The molecule has 1 unspecified atom stereocenters. The molecule has 0 amide bonds. The molecule has 1 rings (SSSR count). The van der Waals surface area contributed by atoms with E-state index >= 15 is 0 Å². The monoisotopic (exact) mass is 277 g/mol. The van der Waals surface area contributed by atoms with Crippen molar-refractivity contribution >= 4 is 39.8 Å². The van der Waals surface area contributed by atoms with E-state index in [1.54, 1.807) is 18.2 Å². The Bertz CT molecular complexity index is 371. The van der Waals surface area contributed by atoms with Gasteiger partial charge in [-0.1, -0.05) is 18.5 Å². The average molecular weight is 278 g/mol. The Morgan fingerprint density at radius 3 is 2.94 bits per heavy atom. The van der Waals surface area contributed by atoms with Crippen LogP contribution in [0.25, 0.3) is 0 Å². The molecule has 1 atom stereocenters. The summed E-state index contributed by atoms with van der Waals surface area (Å²) in [5.41, 5.74) is 6.32. The third kappa shape index (κ3) is 4.36. The first-order valence-corrected chi connectivity index (χ1v) is 8.01. The molecule has 0 radical (unpaired) electrons. The van der Waals surface area contributed by atoms with E-state index in [2.05, 4.69) is 6.92 Å². The minimum Gasteiger partial charge on any atom is -0.398 e. The van der Waals surface area contributed by atoms with Crippen LogP contribution in [0.3, 0.4) is 0 Å². The van der Waals surface area contributed by atoms with Crippen LogP contribution in [-0.2, 0) is 10.8 Å². The van der Waals surface area contributed by atoms with Crippen LogP contribution < -0.4 is 5.73 Å². The third-order valence-electron chi connectivity index (χ3n) is 2.04. The summed E-state index contributed by atoms with van der Waals surface area (Å²) in [7, 11) is -1.03. The minimum atomic E-state index is -1.03. The summed E-state index contributed by atoms with van der Waals surface area (Å²) in [6.07, 6.45) is 0.942. The van der Waals surface area contributed by atoms with Crippen molar-refractivity contribution in [2.45, 2.75) is 18.2 Å². The summed E-state index contributed by atoms with van der Waals surface area (Å²) >= 11 is 7.71. The van der Waals surface area contributed by atoms with Crippen molar-refractivity contribution < 1.29 is 4.21 Å². The second kappa shape index (κ2) is 7.20. The molecule has 0 saturated carbocycles. The normalized spacial score (nSPS) is 12.6. The van der Waals surface area contributed by atoms with E-state index in [4.69, 9.17) is 17.3 Å². The van der Waals surface area contributed by atoms with Gasteiger partial charge >= 0.3 is 0 Å². The van der Waals surface area contributed by atoms with Crippen LogP contribution in [0.15, 0.2) is 23.1 Å². The second-order valence-corrected chi connectivity index (χ2v) is 6.65. The van der Waals surface area contributed by atoms with Gasteiger partial charge in [0.05, 0.1) is 15.7 Å². The first-order chi connectivity index (χ1) is 7.65. The number of hydrogen-bond donors (Lipinski definition) is 1. The number of benzene rings is 1. The fraction of sp³-hybridized carbons (Fsp3) is 0.455. The van der Waals surface area contributed by atoms with Gasteiger partial charge in [0.15, 0.2) is 0 Å². The third-order valence-corrected chi connectivity index (χ3v) is 4.77. The number of halogens is 1. The Hall–Kier alpha value is -0.190. The molecule has 0 aliphatic heterocycles. The van der Waals surface area contributed by atoms with Crippen molar-refractivity contribution in [2.75, 3.05) is 23.0 Å². The molecule has 1 aromatic carbocycles. The molecule has 0 fully saturated rings. The molecular formula is C11H16ClNOS2. The maximum absolute atomic E-state index is 11.9. The molecule has 5 heteroatoms. The largest absolute Gasteiger partial charge is 0.398 e. The Morgan fingerprint density at radius 2 is 2.25 bits per heavy atom. The number of hydrogen-bond acceptors (Lipinski definition) is 3. The van der Waals surface area contributed by atoms with Crippen molar-refractivity contribution in [3.63, 3.8) is 0 Å². The second-order valence-electron chi connectivity index (χ2n) is 3.28. The maximum atomic E-state index is 11.9. The summed E-state index contributed by atoms with van der Waals surface area (Å²) < 4.78 is 11.9. The Balaban J connectivity index is 2.55. The highest BCUT2D eigenvalue weighted by atomic mass is 35.5. The predicted molar refractivity (Wildman–Crippen MR) is 74.8 cm³/mol. The molecule has 2 nitrogen and oxygen atoms in total. The summed E-state index contributed by atoms with van der Waals surface area (Å²) in [6.45, 7) is 2.12. The molecule has 0 aromatic heterocycles. The van der Waals surface area contributed by atoms with Crippen molar-refractivity contribution in [2.24, 2.45) is 0 Å². The molecular weight excluding hydrogens is 262 g/mol. The summed E-state index contributed by atoms with van der Waals surface area (Å²) in [5, 5.41) is 0.584. The van der Waals surface area contributed by atoms with Gasteiger partial charge in [0, 0.05) is 16.5 Å². The van der Waals surface area contributed by atoms with Gasteiger partial charge in [-0.2, -0.15) is 11.8 Å². The molecule has 1 aromatic rings. The molecule has 90 valence electrons. The lowest BCUT2D eigenvalue weighted by Gasteiger charge is -2.06. The van der Waals surface area contributed by atoms with E-state index in [1.807, 2.05) is 11.8 Å². The highest BCUT2D eigenvalue weighted by Crippen LogP contribution is 2.22. The van der Waals surface area contributed by atoms with Crippen LogP contribution in [0.4, 0.5) is 5.69 Å². The number of anilines is 1. The predicted octanol–water partition coefficient (Wildman–Crippen LogP) is 3.17. The summed E-state index contributed by atoms with van der Waals surface area (Å²) in [5.74, 6) is 2.80. The van der Waals surface area contributed by atoms with Crippen LogP contribution >= 0.6 is 23.4 Å². The molecule has 0 aliphatic carbocycles. The van der Waals surface area contributed by atoms with Crippen LogP contribution in [0.2, 0.25) is 5.02 Å². The van der Waals surface area contributed by atoms with Crippen molar-refractivity contribution in [1.82, 2.24) is 0 Å². The lowest BCUT2D eigenvalue weighted by Crippen LogP contribution is -2.03. The van der Waals surface area contributed by atoms with Gasteiger partial charge in [-0.25, -0.2) is 0 Å². The SMILES string of the molecule is CCSCCCS(=O)c1cc(Cl)ccc1N. The van der Waals surface area contributed by atoms with Gasteiger partial charge in [0.2, 0.25) is 0 Å². The topological polar surface area (TPSA) is 43.1 Å². The molecule has 0 heterocycles. The number of nitrogens with two attached hydrogens (primary N) is 1. The fourth-order valence-corrected chi connectivity index (χ4v) is 3.52. The molecule has 0 spiro atoms. The minimum absolute atomic E-state index is 0.561. The van der Waals surface area contributed by atoms with E-state index in [9.17, 15) is 4.21 Å². The quantitative estimate of drug-likeness (QED) is 0.642. The van der Waals surface area contributed by atoms with Gasteiger partial charge in [-0.15, -0.1) is 0 Å². The van der Waals surface area contributed by atoms with Gasteiger partial charge in [0.25, 0.3) is 0 Å². The van der Waals surface area contributed by atoms with Gasteiger partial charge < -0.3 is 5.73 Å². The van der Waals surface area contributed by atoms with E-state index in [0.29, 0.717) is 21.4 Å². The lowest BCUT2D eigenvalue weighted by molar-refractivity contribution is 0.682. The van der Waals surface area contributed by atoms with Crippen molar-refractivity contribution in [3.8, 4) is 0 Å². The van der Waals surface area contributed by atoms with Gasteiger partial charge in [-0.3, -0.25) is 4.21 Å². The highest BCUT2D eigenvalue weighted by molar-refractivity contribution is 7.99. The summed E-state index contributed by atoms with van der Waals surface area (Å²) in [6, 6.07) is 5.11. The number of thioether (sulfide) groups is 1. The Kier molecular flexibility index (Phi) is 6.24.